The molecule has 0 bridgehead atoms. The van der Waals surface area contributed by atoms with Crippen molar-refractivity contribution < 1.29 is 4.74 Å². The van der Waals surface area contributed by atoms with Crippen LogP contribution in [0.25, 0.3) is 0 Å². The molecule has 2 aromatic rings. The summed E-state index contributed by atoms with van der Waals surface area (Å²) in [6, 6.07) is 0.832. The standard InChI is InChI=1S/C15H23N7O/c1-10-14(15(23-3)20(2)17-10)12-5-4-8-21(12)9-13-16-18-19-22(13)11-6-7-11/h11-12H,4-9H2,1-3H3/t12-/m0/s1. The summed E-state index contributed by atoms with van der Waals surface area (Å²) in [4.78, 5) is 2.46. The minimum absolute atomic E-state index is 0.322. The summed E-state index contributed by atoms with van der Waals surface area (Å²) < 4.78 is 9.42. The van der Waals surface area contributed by atoms with Gasteiger partial charge in [0.2, 0.25) is 5.88 Å². The second-order valence-electron chi connectivity index (χ2n) is 6.53. The van der Waals surface area contributed by atoms with E-state index in [1.807, 2.05) is 16.4 Å². The fourth-order valence-electron chi connectivity index (χ4n) is 3.72. The van der Waals surface area contributed by atoms with Gasteiger partial charge in [-0.3, -0.25) is 4.90 Å². The van der Waals surface area contributed by atoms with E-state index in [0.717, 1.165) is 36.9 Å². The first-order valence-electron chi connectivity index (χ1n) is 8.27. The number of hydrogen-bond donors (Lipinski definition) is 0. The molecule has 0 spiro atoms. The zero-order valence-electron chi connectivity index (χ0n) is 13.9. The average Bonchev–Trinajstić information content (AvgIpc) is 2.98. The molecule has 23 heavy (non-hydrogen) atoms. The summed E-state index contributed by atoms with van der Waals surface area (Å²) >= 11 is 0. The number of tetrazole rings is 1. The molecular formula is C15H23N7O. The molecule has 2 fully saturated rings. The number of nitrogens with zero attached hydrogens (tertiary/aromatic N) is 7. The first-order valence-corrected chi connectivity index (χ1v) is 8.27. The van der Waals surface area contributed by atoms with Gasteiger partial charge in [-0.25, -0.2) is 9.36 Å². The van der Waals surface area contributed by atoms with Gasteiger partial charge in [-0.2, -0.15) is 5.10 Å². The van der Waals surface area contributed by atoms with Crippen LogP contribution in [0.15, 0.2) is 0 Å². The first-order chi connectivity index (χ1) is 11.2. The van der Waals surface area contributed by atoms with Gasteiger partial charge in [0, 0.05) is 13.1 Å². The van der Waals surface area contributed by atoms with Gasteiger partial charge in [-0.1, -0.05) is 0 Å². The summed E-state index contributed by atoms with van der Waals surface area (Å²) in [5.41, 5.74) is 2.25. The van der Waals surface area contributed by atoms with Crippen molar-refractivity contribution in [3.05, 3.63) is 17.1 Å². The van der Waals surface area contributed by atoms with Crippen LogP contribution in [0.2, 0.25) is 0 Å². The molecule has 0 N–H and O–H groups in total. The van der Waals surface area contributed by atoms with Crippen molar-refractivity contribution >= 4 is 0 Å². The highest BCUT2D eigenvalue weighted by molar-refractivity contribution is 5.35. The quantitative estimate of drug-likeness (QED) is 0.830. The number of aryl methyl sites for hydroxylation is 2. The van der Waals surface area contributed by atoms with Gasteiger partial charge >= 0.3 is 0 Å². The van der Waals surface area contributed by atoms with Gasteiger partial charge in [0.1, 0.15) is 0 Å². The first kappa shape index (κ1) is 14.6. The topological polar surface area (TPSA) is 73.9 Å². The van der Waals surface area contributed by atoms with E-state index in [-0.39, 0.29) is 0 Å². The Balaban J connectivity index is 1.61. The Morgan fingerprint density at radius 1 is 1.26 bits per heavy atom. The van der Waals surface area contributed by atoms with Crippen molar-refractivity contribution in [1.82, 2.24) is 34.9 Å². The zero-order valence-corrected chi connectivity index (χ0v) is 13.9. The van der Waals surface area contributed by atoms with Crippen molar-refractivity contribution in [2.75, 3.05) is 13.7 Å². The maximum absolute atomic E-state index is 5.59. The Labute approximate surface area is 135 Å². The van der Waals surface area contributed by atoms with E-state index in [9.17, 15) is 0 Å². The third kappa shape index (κ3) is 2.50. The second-order valence-corrected chi connectivity index (χ2v) is 6.53. The van der Waals surface area contributed by atoms with Crippen LogP contribution in [0.5, 0.6) is 5.88 Å². The summed E-state index contributed by atoms with van der Waals surface area (Å²) in [7, 11) is 3.65. The number of methoxy groups -OCH3 is 1. The lowest BCUT2D eigenvalue weighted by molar-refractivity contribution is 0.230. The largest absolute Gasteiger partial charge is 0.481 e. The maximum Gasteiger partial charge on any atom is 0.216 e. The van der Waals surface area contributed by atoms with Gasteiger partial charge in [-0.05, 0) is 49.6 Å². The molecule has 8 heteroatoms. The molecule has 1 aliphatic heterocycles. The van der Waals surface area contributed by atoms with Crippen LogP contribution in [0.1, 0.15) is 54.8 Å². The van der Waals surface area contributed by atoms with Gasteiger partial charge in [0.25, 0.3) is 0 Å². The molecule has 0 radical (unpaired) electrons. The molecular weight excluding hydrogens is 294 g/mol. The molecule has 0 unspecified atom stereocenters. The summed E-state index contributed by atoms with van der Waals surface area (Å²) in [5, 5.41) is 16.8. The van der Waals surface area contributed by atoms with Gasteiger partial charge in [0.05, 0.1) is 31.0 Å². The molecule has 0 amide bonds. The molecule has 2 aliphatic rings. The van der Waals surface area contributed by atoms with Crippen molar-refractivity contribution in [2.45, 2.75) is 51.2 Å². The summed E-state index contributed by atoms with van der Waals surface area (Å²) in [6.07, 6.45) is 4.68. The van der Waals surface area contributed by atoms with E-state index in [1.54, 1.807) is 7.11 Å². The normalized spacial score (nSPS) is 22.0. The summed E-state index contributed by atoms with van der Waals surface area (Å²) in [5.74, 6) is 1.83. The lowest BCUT2D eigenvalue weighted by Gasteiger charge is -2.24. The Morgan fingerprint density at radius 2 is 2.09 bits per heavy atom. The predicted molar refractivity (Wildman–Crippen MR) is 83.0 cm³/mol. The molecule has 0 aromatic carbocycles. The van der Waals surface area contributed by atoms with E-state index in [4.69, 9.17) is 4.74 Å². The van der Waals surface area contributed by atoms with Crippen LogP contribution < -0.4 is 4.74 Å². The molecule has 8 nitrogen and oxygen atoms in total. The minimum atomic E-state index is 0.322. The highest BCUT2D eigenvalue weighted by Gasteiger charge is 2.34. The van der Waals surface area contributed by atoms with Gasteiger partial charge < -0.3 is 4.74 Å². The smallest absolute Gasteiger partial charge is 0.216 e. The minimum Gasteiger partial charge on any atom is -0.481 e. The van der Waals surface area contributed by atoms with Crippen LogP contribution >= 0.6 is 0 Å². The second kappa shape index (κ2) is 5.59. The third-order valence-electron chi connectivity index (χ3n) is 4.90. The van der Waals surface area contributed by atoms with E-state index >= 15 is 0 Å². The van der Waals surface area contributed by atoms with Gasteiger partial charge in [-0.15, -0.1) is 5.10 Å². The number of ether oxygens (including phenoxy) is 1. The van der Waals surface area contributed by atoms with Crippen LogP contribution in [-0.4, -0.2) is 48.5 Å². The summed E-state index contributed by atoms with van der Waals surface area (Å²) in [6.45, 7) is 3.90. The third-order valence-corrected chi connectivity index (χ3v) is 4.90. The zero-order chi connectivity index (χ0) is 16.0. The average molecular weight is 317 g/mol. The van der Waals surface area contributed by atoms with Crippen molar-refractivity contribution in [3.8, 4) is 5.88 Å². The molecule has 124 valence electrons. The van der Waals surface area contributed by atoms with Crippen LogP contribution in [0, 0.1) is 6.92 Å². The Morgan fingerprint density at radius 3 is 2.83 bits per heavy atom. The Kier molecular flexibility index (Phi) is 3.56. The number of hydrogen-bond acceptors (Lipinski definition) is 6. The number of rotatable bonds is 5. The molecule has 1 saturated carbocycles. The number of likely N-dealkylation sites (tertiary alicyclic amines) is 1. The Hall–Kier alpha value is -1.96. The van der Waals surface area contributed by atoms with Crippen molar-refractivity contribution in [1.29, 1.82) is 0 Å². The van der Waals surface area contributed by atoms with Crippen LogP contribution in [-0.2, 0) is 13.6 Å². The van der Waals surface area contributed by atoms with E-state index in [1.165, 1.54) is 24.8 Å². The van der Waals surface area contributed by atoms with E-state index in [2.05, 4.69) is 32.4 Å². The SMILES string of the molecule is COc1c([C@@H]2CCCN2Cc2nnnn2C2CC2)c(C)nn1C. The molecule has 3 heterocycles. The van der Waals surface area contributed by atoms with Crippen LogP contribution in [0.4, 0.5) is 0 Å². The lowest BCUT2D eigenvalue weighted by atomic mass is 10.1. The number of aromatic nitrogens is 6. The van der Waals surface area contributed by atoms with Crippen molar-refractivity contribution in [3.63, 3.8) is 0 Å². The van der Waals surface area contributed by atoms with Crippen LogP contribution in [0.3, 0.4) is 0 Å². The Bertz CT molecular complexity index is 703. The fraction of sp³-hybridized carbons (Fsp3) is 0.733. The molecule has 2 aromatic heterocycles. The molecule has 4 rings (SSSR count). The predicted octanol–water partition coefficient (Wildman–Crippen LogP) is 1.40. The highest BCUT2D eigenvalue weighted by Crippen LogP contribution is 2.40. The van der Waals surface area contributed by atoms with E-state index < -0.39 is 0 Å². The molecule has 1 saturated heterocycles. The fourth-order valence-corrected chi connectivity index (χ4v) is 3.72. The molecule has 1 atom stereocenters. The van der Waals surface area contributed by atoms with Crippen molar-refractivity contribution in [2.24, 2.45) is 7.05 Å². The molecule has 1 aliphatic carbocycles. The van der Waals surface area contributed by atoms with E-state index in [0.29, 0.717) is 12.1 Å². The lowest BCUT2D eigenvalue weighted by Crippen LogP contribution is -2.25. The monoisotopic (exact) mass is 317 g/mol. The van der Waals surface area contributed by atoms with Gasteiger partial charge in [0.15, 0.2) is 5.82 Å². The highest BCUT2D eigenvalue weighted by atomic mass is 16.5. The maximum atomic E-state index is 5.59.